The van der Waals surface area contributed by atoms with E-state index in [-0.39, 0.29) is 5.82 Å². The van der Waals surface area contributed by atoms with E-state index in [9.17, 15) is 4.39 Å². The van der Waals surface area contributed by atoms with Crippen LogP contribution < -0.4 is 10.2 Å². The zero-order valence-corrected chi connectivity index (χ0v) is 11.9. The second-order valence-corrected chi connectivity index (χ2v) is 4.55. The Morgan fingerprint density at radius 2 is 2.00 bits per heavy atom. The predicted molar refractivity (Wildman–Crippen MR) is 82.1 cm³/mol. The number of nitrogens with zero attached hydrogens (tertiary/aromatic N) is 2. The van der Waals surface area contributed by atoms with Crippen molar-refractivity contribution in [2.75, 3.05) is 23.3 Å². The third-order valence-electron chi connectivity index (χ3n) is 3.07. The zero-order chi connectivity index (χ0) is 14.4. The highest BCUT2D eigenvalue weighted by Crippen LogP contribution is 2.28. The van der Waals surface area contributed by atoms with Gasteiger partial charge in [-0.2, -0.15) is 0 Å². The predicted octanol–water partition coefficient (Wildman–Crippen LogP) is 4.20. The van der Waals surface area contributed by atoms with Crippen LogP contribution in [0, 0.1) is 5.82 Å². The van der Waals surface area contributed by atoms with Gasteiger partial charge in [-0.3, -0.25) is 4.98 Å². The molecule has 1 heterocycles. The Morgan fingerprint density at radius 1 is 1.20 bits per heavy atom. The van der Waals surface area contributed by atoms with E-state index in [1.807, 2.05) is 24.0 Å². The maximum atomic E-state index is 13.9. The van der Waals surface area contributed by atoms with E-state index in [0.717, 1.165) is 24.3 Å². The standard InChI is InChI=1S/C16H20FN3/c1-3-9-19-13-10-14(12-18-11-13)20(4-2)16-8-6-5-7-15(16)17/h5-8,10-12,19H,3-4,9H2,1-2H3. The van der Waals surface area contributed by atoms with Gasteiger partial charge in [-0.25, -0.2) is 4.39 Å². The smallest absolute Gasteiger partial charge is 0.146 e. The number of anilines is 3. The van der Waals surface area contributed by atoms with Crippen LogP contribution >= 0.6 is 0 Å². The highest BCUT2D eigenvalue weighted by molar-refractivity contribution is 5.66. The van der Waals surface area contributed by atoms with Crippen LogP contribution in [0.4, 0.5) is 21.5 Å². The number of halogens is 1. The summed E-state index contributed by atoms with van der Waals surface area (Å²) >= 11 is 0. The molecule has 1 aromatic carbocycles. The van der Waals surface area contributed by atoms with E-state index >= 15 is 0 Å². The third kappa shape index (κ3) is 3.26. The molecule has 0 radical (unpaired) electrons. The van der Waals surface area contributed by atoms with Gasteiger partial charge in [0.15, 0.2) is 0 Å². The first-order valence-electron chi connectivity index (χ1n) is 6.97. The summed E-state index contributed by atoms with van der Waals surface area (Å²) in [6.07, 6.45) is 4.59. The Morgan fingerprint density at radius 3 is 2.70 bits per heavy atom. The largest absolute Gasteiger partial charge is 0.384 e. The van der Waals surface area contributed by atoms with Crippen molar-refractivity contribution in [3.63, 3.8) is 0 Å². The molecular formula is C16H20FN3. The van der Waals surface area contributed by atoms with Gasteiger partial charge in [0.2, 0.25) is 0 Å². The maximum Gasteiger partial charge on any atom is 0.146 e. The molecule has 0 saturated heterocycles. The zero-order valence-electron chi connectivity index (χ0n) is 11.9. The van der Waals surface area contributed by atoms with E-state index in [1.54, 1.807) is 24.5 Å². The van der Waals surface area contributed by atoms with Crippen LogP contribution in [0.15, 0.2) is 42.7 Å². The molecular weight excluding hydrogens is 253 g/mol. The molecule has 0 unspecified atom stereocenters. The Labute approximate surface area is 119 Å². The van der Waals surface area contributed by atoms with Crippen LogP contribution in [-0.4, -0.2) is 18.1 Å². The van der Waals surface area contributed by atoms with Gasteiger partial charge in [0.25, 0.3) is 0 Å². The van der Waals surface area contributed by atoms with Crippen molar-refractivity contribution in [3.8, 4) is 0 Å². The van der Waals surface area contributed by atoms with E-state index in [1.165, 1.54) is 6.07 Å². The molecule has 4 heteroatoms. The Balaban J connectivity index is 2.30. The van der Waals surface area contributed by atoms with Gasteiger partial charge in [-0.15, -0.1) is 0 Å². The van der Waals surface area contributed by atoms with Crippen molar-refractivity contribution in [3.05, 3.63) is 48.5 Å². The van der Waals surface area contributed by atoms with Crippen molar-refractivity contribution < 1.29 is 4.39 Å². The van der Waals surface area contributed by atoms with E-state index in [4.69, 9.17) is 0 Å². The topological polar surface area (TPSA) is 28.2 Å². The van der Waals surface area contributed by atoms with Crippen LogP contribution in [-0.2, 0) is 0 Å². The Kier molecular flexibility index (Phi) is 4.93. The van der Waals surface area contributed by atoms with Crippen LogP contribution in [0.1, 0.15) is 20.3 Å². The van der Waals surface area contributed by atoms with Crippen molar-refractivity contribution >= 4 is 17.1 Å². The first kappa shape index (κ1) is 14.3. The van der Waals surface area contributed by atoms with Crippen molar-refractivity contribution in [1.29, 1.82) is 0 Å². The molecule has 0 aliphatic carbocycles. The van der Waals surface area contributed by atoms with Gasteiger partial charge in [-0.05, 0) is 31.5 Å². The fraction of sp³-hybridized carbons (Fsp3) is 0.312. The molecule has 2 aromatic rings. The molecule has 0 fully saturated rings. The summed E-state index contributed by atoms with van der Waals surface area (Å²) < 4.78 is 13.9. The molecule has 0 atom stereocenters. The molecule has 2 rings (SSSR count). The number of hydrogen-bond acceptors (Lipinski definition) is 3. The van der Waals surface area contributed by atoms with Crippen molar-refractivity contribution in [2.45, 2.75) is 20.3 Å². The molecule has 3 nitrogen and oxygen atoms in total. The lowest BCUT2D eigenvalue weighted by molar-refractivity contribution is 0.625. The van der Waals surface area contributed by atoms with Crippen LogP contribution in [0.3, 0.4) is 0 Å². The summed E-state index contributed by atoms with van der Waals surface area (Å²) in [6.45, 7) is 5.69. The minimum atomic E-state index is -0.221. The molecule has 0 aliphatic rings. The van der Waals surface area contributed by atoms with Gasteiger partial charge in [0.1, 0.15) is 5.82 Å². The van der Waals surface area contributed by atoms with Crippen LogP contribution in [0.2, 0.25) is 0 Å². The highest BCUT2D eigenvalue weighted by atomic mass is 19.1. The monoisotopic (exact) mass is 273 g/mol. The molecule has 0 saturated carbocycles. The minimum Gasteiger partial charge on any atom is -0.384 e. The Hall–Kier alpha value is -2.10. The van der Waals surface area contributed by atoms with Gasteiger partial charge < -0.3 is 10.2 Å². The molecule has 1 N–H and O–H groups in total. The minimum absolute atomic E-state index is 0.221. The first-order valence-corrected chi connectivity index (χ1v) is 6.97. The van der Waals surface area contributed by atoms with Crippen molar-refractivity contribution in [2.24, 2.45) is 0 Å². The normalized spacial score (nSPS) is 10.3. The Bertz CT molecular complexity index is 557. The number of benzene rings is 1. The summed E-state index contributed by atoms with van der Waals surface area (Å²) in [5.74, 6) is -0.221. The fourth-order valence-electron chi connectivity index (χ4n) is 2.10. The molecule has 0 amide bonds. The average Bonchev–Trinajstić information content (AvgIpc) is 2.48. The molecule has 0 aliphatic heterocycles. The molecule has 0 bridgehead atoms. The number of rotatable bonds is 6. The lowest BCUT2D eigenvalue weighted by atomic mass is 10.2. The lowest BCUT2D eigenvalue weighted by Crippen LogP contribution is -2.17. The number of hydrogen-bond donors (Lipinski definition) is 1. The number of aromatic nitrogens is 1. The number of pyridine rings is 1. The summed E-state index contributed by atoms with van der Waals surface area (Å²) in [7, 11) is 0. The second kappa shape index (κ2) is 6.89. The summed E-state index contributed by atoms with van der Waals surface area (Å²) in [5.41, 5.74) is 2.42. The first-order chi connectivity index (χ1) is 9.76. The van der Waals surface area contributed by atoms with E-state index < -0.39 is 0 Å². The van der Waals surface area contributed by atoms with Crippen LogP contribution in [0.25, 0.3) is 0 Å². The molecule has 1 aromatic heterocycles. The van der Waals surface area contributed by atoms with Gasteiger partial charge >= 0.3 is 0 Å². The van der Waals surface area contributed by atoms with Crippen molar-refractivity contribution in [1.82, 2.24) is 4.98 Å². The quantitative estimate of drug-likeness (QED) is 0.855. The fourth-order valence-corrected chi connectivity index (χ4v) is 2.10. The summed E-state index contributed by atoms with van der Waals surface area (Å²) in [5, 5.41) is 3.30. The van der Waals surface area contributed by atoms with E-state index in [0.29, 0.717) is 12.2 Å². The number of nitrogens with one attached hydrogen (secondary N) is 1. The average molecular weight is 273 g/mol. The van der Waals surface area contributed by atoms with Gasteiger partial charge in [0, 0.05) is 13.1 Å². The summed E-state index contributed by atoms with van der Waals surface area (Å²) in [4.78, 5) is 6.15. The molecule has 20 heavy (non-hydrogen) atoms. The van der Waals surface area contributed by atoms with Gasteiger partial charge in [-0.1, -0.05) is 19.1 Å². The molecule has 106 valence electrons. The summed E-state index contributed by atoms with van der Waals surface area (Å²) in [6, 6.07) is 8.80. The van der Waals surface area contributed by atoms with Crippen LogP contribution in [0.5, 0.6) is 0 Å². The third-order valence-corrected chi connectivity index (χ3v) is 3.07. The molecule has 0 spiro atoms. The lowest BCUT2D eigenvalue weighted by Gasteiger charge is -2.24. The second-order valence-electron chi connectivity index (χ2n) is 4.55. The number of para-hydroxylation sites is 1. The maximum absolute atomic E-state index is 13.9. The van der Waals surface area contributed by atoms with E-state index in [2.05, 4.69) is 17.2 Å². The SMILES string of the molecule is CCCNc1cncc(N(CC)c2ccccc2F)c1. The van der Waals surface area contributed by atoms with Gasteiger partial charge in [0.05, 0.1) is 29.5 Å². The highest BCUT2D eigenvalue weighted by Gasteiger charge is 2.12.